The Balaban J connectivity index is 1.87. The van der Waals surface area contributed by atoms with E-state index in [0.29, 0.717) is 0 Å². The highest BCUT2D eigenvalue weighted by atomic mass is 32.1. The Morgan fingerprint density at radius 2 is 2.21 bits per heavy atom. The van der Waals surface area contributed by atoms with Crippen LogP contribution < -0.4 is 5.32 Å². The van der Waals surface area contributed by atoms with Crippen molar-refractivity contribution >= 4 is 23.3 Å². The van der Waals surface area contributed by atoms with Crippen molar-refractivity contribution in [3.8, 4) is 0 Å². The number of nitrogens with zero attached hydrogens (tertiary/aromatic N) is 3. The number of piperidine rings is 1. The summed E-state index contributed by atoms with van der Waals surface area (Å²) >= 11 is 1.72. The van der Waals surface area contributed by atoms with Gasteiger partial charge in [0, 0.05) is 38.0 Å². The topological polar surface area (TPSA) is 66.8 Å². The standard InChI is InChI=1S/C17H28N4O2S/c1-4-15-20-14(12-24-15)6-9-19-17(18-5-2)21-10-7-13(8-11-21)16(22)23-3/h12-13H,4-11H2,1-3H3,(H,18,19). The predicted molar refractivity (Wildman–Crippen MR) is 97.5 cm³/mol. The molecule has 1 fully saturated rings. The van der Waals surface area contributed by atoms with Gasteiger partial charge in [-0.15, -0.1) is 11.3 Å². The molecule has 24 heavy (non-hydrogen) atoms. The fraction of sp³-hybridized carbons (Fsp3) is 0.706. The summed E-state index contributed by atoms with van der Waals surface area (Å²) < 4.78 is 4.85. The Labute approximate surface area is 148 Å². The maximum atomic E-state index is 11.6. The highest BCUT2D eigenvalue weighted by molar-refractivity contribution is 7.09. The van der Waals surface area contributed by atoms with Crippen LogP contribution in [0.2, 0.25) is 0 Å². The second kappa shape index (κ2) is 9.61. The average Bonchev–Trinajstić information content (AvgIpc) is 3.08. The van der Waals surface area contributed by atoms with Gasteiger partial charge in [0.05, 0.1) is 23.7 Å². The number of hydrogen-bond acceptors (Lipinski definition) is 5. The Morgan fingerprint density at radius 1 is 1.46 bits per heavy atom. The van der Waals surface area contributed by atoms with Crippen molar-refractivity contribution in [3.05, 3.63) is 16.1 Å². The maximum Gasteiger partial charge on any atom is 0.308 e. The van der Waals surface area contributed by atoms with Gasteiger partial charge in [-0.3, -0.25) is 9.79 Å². The average molecular weight is 353 g/mol. The summed E-state index contributed by atoms with van der Waals surface area (Å²) in [4.78, 5) is 23.2. The van der Waals surface area contributed by atoms with Gasteiger partial charge in [-0.2, -0.15) is 0 Å². The Bertz CT molecular complexity index is 551. The molecule has 0 atom stereocenters. The number of thiazole rings is 1. The van der Waals surface area contributed by atoms with Gasteiger partial charge >= 0.3 is 5.97 Å². The van der Waals surface area contributed by atoms with Crippen LogP contribution in [-0.2, 0) is 22.4 Å². The number of esters is 1. The molecule has 0 radical (unpaired) electrons. The minimum Gasteiger partial charge on any atom is -0.469 e. The molecule has 1 aromatic heterocycles. The number of rotatable bonds is 6. The van der Waals surface area contributed by atoms with Crippen LogP contribution in [0, 0.1) is 5.92 Å². The molecule has 0 aromatic carbocycles. The third-order valence-electron chi connectivity index (χ3n) is 4.20. The number of aryl methyl sites for hydroxylation is 1. The number of methoxy groups -OCH3 is 1. The van der Waals surface area contributed by atoms with Crippen LogP contribution >= 0.6 is 11.3 Å². The van der Waals surface area contributed by atoms with Gasteiger partial charge in [0.2, 0.25) is 0 Å². The smallest absolute Gasteiger partial charge is 0.308 e. The van der Waals surface area contributed by atoms with Crippen molar-refractivity contribution in [2.45, 2.75) is 39.5 Å². The maximum absolute atomic E-state index is 11.6. The van der Waals surface area contributed by atoms with E-state index < -0.39 is 0 Å². The van der Waals surface area contributed by atoms with Gasteiger partial charge < -0.3 is 15.0 Å². The predicted octanol–water partition coefficient (Wildman–Crippen LogP) is 2.10. The van der Waals surface area contributed by atoms with Crippen LogP contribution in [-0.4, -0.2) is 55.1 Å². The lowest BCUT2D eigenvalue weighted by Crippen LogP contribution is -2.46. The molecule has 0 unspecified atom stereocenters. The minimum atomic E-state index is -0.0909. The molecule has 2 heterocycles. The summed E-state index contributed by atoms with van der Waals surface area (Å²) in [5.41, 5.74) is 1.13. The summed E-state index contributed by atoms with van der Waals surface area (Å²) in [6.45, 7) is 7.44. The van der Waals surface area contributed by atoms with Gasteiger partial charge in [-0.05, 0) is 26.2 Å². The Morgan fingerprint density at radius 3 is 2.79 bits per heavy atom. The number of carbonyl (C=O) groups is 1. The van der Waals surface area contributed by atoms with Crippen molar-refractivity contribution in [3.63, 3.8) is 0 Å². The van der Waals surface area contributed by atoms with E-state index >= 15 is 0 Å². The molecule has 1 aliphatic rings. The molecule has 1 N–H and O–H groups in total. The second-order valence-electron chi connectivity index (χ2n) is 5.86. The van der Waals surface area contributed by atoms with E-state index in [2.05, 4.69) is 34.4 Å². The van der Waals surface area contributed by atoms with Crippen LogP contribution in [0.4, 0.5) is 0 Å². The van der Waals surface area contributed by atoms with Gasteiger partial charge in [-0.1, -0.05) is 6.92 Å². The van der Waals surface area contributed by atoms with E-state index in [1.165, 1.54) is 12.1 Å². The molecule has 0 aliphatic carbocycles. The molecule has 1 aliphatic heterocycles. The first-order valence-electron chi connectivity index (χ1n) is 8.72. The SMILES string of the molecule is CCNC(=NCCc1csc(CC)n1)N1CCC(C(=O)OC)CC1. The highest BCUT2D eigenvalue weighted by Crippen LogP contribution is 2.18. The summed E-state index contributed by atoms with van der Waals surface area (Å²) in [5.74, 6) is 0.871. The third kappa shape index (κ3) is 5.19. The van der Waals surface area contributed by atoms with Gasteiger partial charge in [0.25, 0.3) is 0 Å². The molecular weight excluding hydrogens is 324 g/mol. The fourth-order valence-electron chi connectivity index (χ4n) is 2.82. The monoisotopic (exact) mass is 352 g/mol. The van der Waals surface area contributed by atoms with Crippen molar-refractivity contribution in [2.75, 3.05) is 33.3 Å². The summed E-state index contributed by atoms with van der Waals surface area (Å²) in [6.07, 6.45) is 3.50. The molecule has 0 spiro atoms. The fourth-order valence-corrected chi connectivity index (χ4v) is 3.60. The van der Waals surface area contributed by atoms with Crippen LogP contribution in [0.25, 0.3) is 0 Å². The number of hydrogen-bond donors (Lipinski definition) is 1. The molecule has 7 heteroatoms. The zero-order valence-corrected chi connectivity index (χ0v) is 15.7. The van der Waals surface area contributed by atoms with Crippen LogP contribution in [0.1, 0.15) is 37.4 Å². The quantitative estimate of drug-likeness (QED) is 0.482. The molecular formula is C17H28N4O2S. The lowest BCUT2D eigenvalue weighted by Gasteiger charge is -2.33. The number of ether oxygens (including phenoxy) is 1. The zero-order valence-electron chi connectivity index (χ0n) is 14.9. The van der Waals surface area contributed by atoms with Crippen molar-refractivity contribution in [1.29, 1.82) is 0 Å². The molecule has 6 nitrogen and oxygen atoms in total. The number of carbonyl (C=O) groups excluding carboxylic acids is 1. The van der Waals surface area contributed by atoms with E-state index in [4.69, 9.17) is 9.73 Å². The normalized spacial score (nSPS) is 16.3. The second-order valence-corrected chi connectivity index (χ2v) is 6.80. The summed E-state index contributed by atoms with van der Waals surface area (Å²) in [5, 5.41) is 6.67. The van der Waals surface area contributed by atoms with Crippen molar-refractivity contribution in [2.24, 2.45) is 10.9 Å². The van der Waals surface area contributed by atoms with Crippen molar-refractivity contribution in [1.82, 2.24) is 15.2 Å². The number of aliphatic imine (C=N–C) groups is 1. The Kier molecular flexibility index (Phi) is 7.49. The van der Waals surface area contributed by atoms with Crippen LogP contribution in [0.15, 0.2) is 10.4 Å². The summed E-state index contributed by atoms with van der Waals surface area (Å²) in [7, 11) is 1.46. The van der Waals surface area contributed by atoms with E-state index in [9.17, 15) is 4.79 Å². The summed E-state index contributed by atoms with van der Waals surface area (Å²) in [6, 6.07) is 0. The van der Waals surface area contributed by atoms with Gasteiger partial charge in [-0.25, -0.2) is 4.98 Å². The number of likely N-dealkylation sites (tertiary alicyclic amines) is 1. The zero-order chi connectivity index (χ0) is 17.4. The lowest BCUT2D eigenvalue weighted by molar-refractivity contribution is -0.146. The number of nitrogens with one attached hydrogen (secondary N) is 1. The molecule has 0 amide bonds. The van der Waals surface area contributed by atoms with E-state index in [1.807, 2.05) is 0 Å². The molecule has 0 saturated carbocycles. The molecule has 2 rings (SSSR count). The lowest BCUT2D eigenvalue weighted by atomic mass is 9.97. The van der Waals surface area contributed by atoms with E-state index in [1.54, 1.807) is 11.3 Å². The molecule has 1 aromatic rings. The van der Waals surface area contributed by atoms with Gasteiger partial charge in [0.15, 0.2) is 5.96 Å². The van der Waals surface area contributed by atoms with Crippen LogP contribution in [0.3, 0.4) is 0 Å². The van der Waals surface area contributed by atoms with E-state index in [-0.39, 0.29) is 11.9 Å². The molecule has 1 saturated heterocycles. The van der Waals surface area contributed by atoms with Gasteiger partial charge in [0.1, 0.15) is 0 Å². The molecule has 134 valence electrons. The minimum absolute atomic E-state index is 0.0246. The number of aromatic nitrogens is 1. The number of guanidine groups is 1. The largest absolute Gasteiger partial charge is 0.469 e. The Hall–Kier alpha value is -1.63. The first-order valence-corrected chi connectivity index (χ1v) is 9.60. The van der Waals surface area contributed by atoms with Crippen molar-refractivity contribution < 1.29 is 9.53 Å². The van der Waals surface area contributed by atoms with E-state index in [0.717, 1.165) is 63.5 Å². The first kappa shape index (κ1) is 18.7. The third-order valence-corrected chi connectivity index (χ3v) is 5.24. The van der Waals surface area contributed by atoms with Crippen LogP contribution in [0.5, 0.6) is 0 Å². The first-order chi connectivity index (χ1) is 11.7. The molecule has 0 bridgehead atoms. The highest BCUT2D eigenvalue weighted by Gasteiger charge is 2.26.